The minimum atomic E-state index is -0.584. The van der Waals surface area contributed by atoms with Gasteiger partial charge in [-0.1, -0.05) is 0 Å². The van der Waals surface area contributed by atoms with E-state index in [1.807, 2.05) is 6.20 Å². The Morgan fingerprint density at radius 1 is 1.46 bits per heavy atom. The number of hydrogen-bond acceptors (Lipinski definition) is 3. The summed E-state index contributed by atoms with van der Waals surface area (Å²) in [6.07, 6.45) is 4.36. The van der Waals surface area contributed by atoms with Crippen molar-refractivity contribution in [2.45, 2.75) is 19.4 Å². The van der Waals surface area contributed by atoms with E-state index < -0.39 is 11.8 Å². The van der Waals surface area contributed by atoms with E-state index in [9.17, 15) is 14.0 Å². The van der Waals surface area contributed by atoms with Gasteiger partial charge >= 0.3 is 6.03 Å². The van der Waals surface area contributed by atoms with Crippen LogP contribution in [0.4, 0.5) is 20.6 Å². The van der Waals surface area contributed by atoms with Gasteiger partial charge in [0.25, 0.3) is 0 Å². The van der Waals surface area contributed by atoms with E-state index >= 15 is 0 Å². The largest absolute Gasteiger partial charge is 0.326 e. The van der Waals surface area contributed by atoms with Crippen molar-refractivity contribution in [2.24, 2.45) is 7.05 Å². The average Bonchev–Trinajstić information content (AvgIpc) is 2.93. The van der Waals surface area contributed by atoms with E-state index in [2.05, 4.69) is 15.7 Å². The molecule has 24 heavy (non-hydrogen) atoms. The molecule has 1 aliphatic rings. The molecule has 3 rings (SSSR count). The highest BCUT2D eigenvalue weighted by Gasteiger charge is 2.19. The van der Waals surface area contributed by atoms with Crippen LogP contribution in [0.3, 0.4) is 0 Å². The maximum Gasteiger partial charge on any atom is 0.321 e. The molecule has 0 saturated heterocycles. The lowest BCUT2D eigenvalue weighted by Gasteiger charge is -2.20. The molecule has 2 aromatic rings. The molecule has 0 aliphatic carbocycles. The number of nitrogens with zero attached hydrogens (tertiary/aromatic N) is 3. The van der Waals surface area contributed by atoms with Crippen molar-refractivity contribution in [3.05, 3.63) is 41.5 Å². The van der Waals surface area contributed by atoms with Crippen LogP contribution in [0.5, 0.6) is 0 Å². The third-order valence-corrected chi connectivity index (χ3v) is 3.85. The quantitative estimate of drug-likeness (QED) is 0.904. The molecule has 0 radical (unpaired) electrons. The van der Waals surface area contributed by atoms with Crippen molar-refractivity contribution in [1.29, 1.82) is 0 Å². The number of halogens is 1. The number of rotatable bonds is 3. The van der Waals surface area contributed by atoms with Gasteiger partial charge in [0.15, 0.2) is 0 Å². The highest BCUT2D eigenvalue weighted by atomic mass is 19.1. The van der Waals surface area contributed by atoms with Gasteiger partial charge in [0, 0.05) is 38.0 Å². The van der Waals surface area contributed by atoms with Crippen molar-refractivity contribution < 1.29 is 14.0 Å². The summed E-state index contributed by atoms with van der Waals surface area (Å²) in [6, 6.07) is 2.39. The first-order chi connectivity index (χ1) is 11.4. The molecule has 7 nitrogen and oxygen atoms in total. The van der Waals surface area contributed by atoms with Gasteiger partial charge in [0.1, 0.15) is 5.82 Å². The molecule has 126 valence electrons. The number of aromatic nitrogens is 2. The van der Waals surface area contributed by atoms with Crippen molar-refractivity contribution in [3.8, 4) is 0 Å². The Kier molecular flexibility index (Phi) is 4.20. The molecule has 0 saturated carbocycles. The number of aryl methyl sites for hydroxylation is 2. The van der Waals surface area contributed by atoms with Crippen LogP contribution < -0.4 is 10.6 Å². The van der Waals surface area contributed by atoms with Crippen LogP contribution in [-0.4, -0.2) is 33.7 Å². The van der Waals surface area contributed by atoms with Crippen LogP contribution in [0.2, 0.25) is 0 Å². The minimum absolute atomic E-state index is 0.105. The summed E-state index contributed by atoms with van der Waals surface area (Å²) in [5.41, 5.74) is 2.25. The molecule has 0 bridgehead atoms. The Labute approximate surface area is 138 Å². The molecule has 1 aromatic carbocycles. The Morgan fingerprint density at radius 3 is 2.96 bits per heavy atom. The van der Waals surface area contributed by atoms with E-state index in [1.54, 1.807) is 31.0 Å². The fraction of sp³-hybridized carbons (Fsp3) is 0.312. The van der Waals surface area contributed by atoms with Crippen LogP contribution >= 0.6 is 0 Å². The first-order valence-corrected chi connectivity index (χ1v) is 7.54. The molecule has 2 heterocycles. The summed E-state index contributed by atoms with van der Waals surface area (Å²) in [6.45, 7) is 0.363. The molecular weight excluding hydrogens is 313 g/mol. The Bertz CT molecular complexity index is 802. The topological polar surface area (TPSA) is 79.3 Å². The number of benzene rings is 1. The van der Waals surface area contributed by atoms with Crippen LogP contribution in [0.1, 0.15) is 17.5 Å². The van der Waals surface area contributed by atoms with E-state index in [0.717, 1.165) is 11.1 Å². The van der Waals surface area contributed by atoms with E-state index in [-0.39, 0.29) is 11.6 Å². The van der Waals surface area contributed by atoms with Crippen LogP contribution in [-0.2, 0) is 24.8 Å². The average molecular weight is 331 g/mol. The lowest BCUT2D eigenvalue weighted by atomic mass is 10.0. The highest BCUT2D eigenvalue weighted by Crippen LogP contribution is 2.28. The first-order valence-electron chi connectivity index (χ1n) is 7.54. The number of anilines is 2. The molecular formula is C16H18FN5O2. The van der Waals surface area contributed by atoms with Crippen molar-refractivity contribution >= 4 is 23.3 Å². The van der Waals surface area contributed by atoms with Crippen molar-refractivity contribution in [3.63, 3.8) is 0 Å². The third kappa shape index (κ3) is 3.37. The molecule has 2 N–H and O–H groups in total. The van der Waals surface area contributed by atoms with Gasteiger partial charge in [-0.25, -0.2) is 9.18 Å². The summed E-state index contributed by atoms with van der Waals surface area (Å²) in [7, 11) is 3.42. The van der Waals surface area contributed by atoms with Crippen LogP contribution in [0.25, 0.3) is 0 Å². The molecule has 0 unspecified atom stereocenters. The fourth-order valence-corrected chi connectivity index (χ4v) is 2.61. The normalized spacial score (nSPS) is 13.2. The number of fused-ring (bicyclic) bond motifs is 1. The zero-order chi connectivity index (χ0) is 17.3. The molecule has 1 aromatic heterocycles. The Hall–Kier alpha value is -2.90. The lowest BCUT2D eigenvalue weighted by Crippen LogP contribution is -2.31. The number of nitrogens with one attached hydrogen (secondary N) is 2. The Morgan fingerprint density at radius 2 is 2.25 bits per heavy atom. The van der Waals surface area contributed by atoms with Gasteiger partial charge in [0.05, 0.1) is 18.4 Å². The summed E-state index contributed by atoms with van der Waals surface area (Å²) in [4.78, 5) is 25.0. The van der Waals surface area contributed by atoms with Crippen molar-refractivity contribution in [2.75, 3.05) is 17.7 Å². The number of carbonyl (C=O) groups is 2. The highest BCUT2D eigenvalue weighted by molar-refractivity contribution is 5.95. The Balaban J connectivity index is 1.71. The number of carbonyl (C=O) groups excluding carboxylic acids is 2. The van der Waals surface area contributed by atoms with E-state index in [4.69, 9.17) is 0 Å². The van der Waals surface area contributed by atoms with E-state index in [1.165, 1.54) is 11.0 Å². The molecule has 8 heteroatoms. The predicted octanol–water partition coefficient (Wildman–Crippen LogP) is 2.11. The summed E-state index contributed by atoms with van der Waals surface area (Å²) >= 11 is 0. The molecule has 3 amide bonds. The van der Waals surface area contributed by atoms with Crippen LogP contribution in [0.15, 0.2) is 24.5 Å². The number of hydrogen-bond donors (Lipinski definition) is 2. The molecule has 0 fully saturated rings. The summed E-state index contributed by atoms with van der Waals surface area (Å²) in [5, 5.41) is 9.24. The fourth-order valence-electron chi connectivity index (χ4n) is 2.61. The molecule has 0 atom stereocenters. The van der Waals surface area contributed by atoms with Crippen LogP contribution in [0, 0.1) is 5.82 Å². The zero-order valence-electron chi connectivity index (χ0n) is 13.5. The van der Waals surface area contributed by atoms with Crippen molar-refractivity contribution in [1.82, 2.24) is 14.7 Å². The second-order valence-corrected chi connectivity index (χ2v) is 5.85. The van der Waals surface area contributed by atoms with Gasteiger partial charge < -0.3 is 15.5 Å². The molecule has 1 aliphatic heterocycles. The second-order valence-electron chi connectivity index (χ2n) is 5.85. The summed E-state index contributed by atoms with van der Waals surface area (Å²) < 4.78 is 15.8. The van der Waals surface area contributed by atoms with Gasteiger partial charge in [0.2, 0.25) is 5.91 Å². The van der Waals surface area contributed by atoms with Gasteiger partial charge in [-0.15, -0.1) is 0 Å². The minimum Gasteiger partial charge on any atom is -0.326 e. The van der Waals surface area contributed by atoms with Gasteiger partial charge in [-0.05, 0) is 24.1 Å². The first kappa shape index (κ1) is 16.0. The third-order valence-electron chi connectivity index (χ3n) is 3.85. The predicted molar refractivity (Wildman–Crippen MR) is 87.0 cm³/mol. The van der Waals surface area contributed by atoms with Gasteiger partial charge in [-0.2, -0.15) is 5.10 Å². The van der Waals surface area contributed by atoms with Gasteiger partial charge in [-0.3, -0.25) is 9.48 Å². The second kappa shape index (κ2) is 6.31. The number of amides is 3. The van der Waals surface area contributed by atoms with E-state index in [0.29, 0.717) is 25.1 Å². The zero-order valence-corrected chi connectivity index (χ0v) is 13.5. The smallest absolute Gasteiger partial charge is 0.321 e. The maximum absolute atomic E-state index is 14.2. The monoisotopic (exact) mass is 331 g/mol. The standard InChI is InChI=1S/C16H18FN5O2/c1-21(8-10-7-18-22(2)9-10)16(24)20-14-5-11-3-4-15(23)19-13(11)6-12(14)17/h5-7,9H,3-4,8H2,1-2H3,(H,19,23)(H,20,24). The molecule has 0 spiro atoms. The summed E-state index contributed by atoms with van der Waals surface area (Å²) in [5.74, 6) is -0.714. The number of urea groups is 1. The maximum atomic E-state index is 14.2. The SMILES string of the molecule is CN(Cc1cnn(C)c1)C(=O)Nc1cc2c(cc1F)NC(=O)CC2. The lowest BCUT2D eigenvalue weighted by molar-refractivity contribution is -0.116.